The predicted octanol–water partition coefficient (Wildman–Crippen LogP) is 5.39. The normalized spacial score (nSPS) is 13.3. The standard InChI is InChI=1S/C28H29N4O3/c1-20(33)32-14-13-24-15-25(16-26(30-29)28(24)32)27(35-21(2)34)19-31(17-22-9-5-3-6-10-22)18-23-11-7-4-8-12-23/h3-12,15-16,27H,13-14,17-19H2,1-2H3/q+1. The minimum Gasteiger partial charge on any atom is -0.456 e. The number of diazo groups is 1. The summed E-state index contributed by atoms with van der Waals surface area (Å²) in [6.07, 6.45) is 0.0765. The SMILES string of the molecule is CC(=O)OC(CN(Cc1ccccc1)Cc1ccccc1)c1cc2c(c([N+]#N)c1)N(C(C)=O)CC2. The van der Waals surface area contributed by atoms with Gasteiger partial charge >= 0.3 is 11.7 Å². The van der Waals surface area contributed by atoms with E-state index < -0.39 is 6.10 Å². The summed E-state index contributed by atoms with van der Waals surface area (Å²) in [4.78, 5) is 31.5. The molecule has 1 aliphatic heterocycles. The monoisotopic (exact) mass is 469 g/mol. The molecule has 1 heterocycles. The first-order valence-corrected chi connectivity index (χ1v) is 11.7. The van der Waals surface area contributed by atoms with Gasteiger partial charge in [0.25, 0.3) is 0 Å². The maximum atomic E-state index is 12.1. The van der Waals surface area contributed by atoms with E-state index in [1.807, 2.05) is 42.5 Å². The molecule has 7 nitrogen and oxygen atoms in total. The molecule has 0 radical (unpaired) electrons. The molecule has 0 fully saturated rings. The summed E-state index contributed by atoms with van der Waals surface area (Å²) < 4.78 is 5.79. The minimum atomic E-state index is -0.572. The van der Waals surface area contributed by atoms with Crippen molar-refractivity contribution in [1.82, 2.24) is 4.90 Å². The van der Waals surface area contributed by atoms with Crippen molar-refractivity contribution in [2.24, 2.45) is 0 Å². The summed E-state index contributed by atoms with van der Waals surface area (Å²) in [5, 5.41) is 9.73. The Morgan fingerprint density at radius 1 is 1.00 bits per heavy atom. The lowest BCUT2D eigenvalue weighted by Gasteiger charge is -2.28. The van der Waals surface area contributed by atoms with Gasteiger partial charge in [-0.1, -0.05) is 60.7 Å². The van der Waals surface area contributed by atoms with Gasteiger partial charge in [-0.05, 0) is 29.2 Å². The van der Waals surface area contributed by atoms with Gasteiger partial charge in [0.15, 0.2) is 4.98 Å². The van der Waals surface area contributed by atoms with E-state index in [9.17, 15) is 15.0 Å². The van der Waals surface area contributed by atoms with Crippen LogP contribution in [0.4, 0.5) is 11.4 Å². The van der Waals surface area contributed by atoms with Gasteiger partial charge in [0, 0.05) is 51.7 Å². The summed E-state index contributed by atoms with van der Waals surface area (Å²) in [6.45, 7) is 5.22. The van der Waals surface area contributed by atoms with Gasteiger partial charge < -0.3 is 9.64 Å². The van der Waals surface area contributed by atoms with Gasteiger partial charge in [0.05, 0.1) is 0 Å². The van der Waals surface area contributed by atoms with Gasteiger partial charge in [-0.3, -0.25) is 14.5 Å². The summed E-state index contributed by atoms with van der Waals surface area (Å²) in [5.74, 6) is -0.488. The van der Waals surface area contributed by atoms with E-state index in [1.165, 1.54) is 13.8 Å². The molecule has 1 aliphatic rings. The molecule has 0 saturated heterocycles. The van der Waals surface area contributed by atoms with Crippen LogP contribution in [0.5, 0.6) is 0 Å². The zero-order valence-electron chi connectivity index (χ0n) is 20.1. The molecule has 0 spiro atoms. The van der Waals surface area contributed by atoms with Crippen LogP contribution >= 0.6 is 0 Å². The van der Waals surface area contributed by atoms with Crippen molar-refractivity contribution >= 4 is 23.3 Å². The number of nitrogens with zero attached hydrogens (tertiary/aromatic N) is 4. The smallest absolute Gasteiger partial charge is 0.409 e. The van der Waals surface area contributed by atoms with Crippen LogP contribution in [0.15, 0.2) is 72.8 Å². The van der Waals surface area contributed by atoms with Crippen LogP contribution in [-0.4, -0.2) is 29.9 Å². The Bertz CT molecular complexity index is 1200. The second kappa shape index (κ2) is 10.9. The van der Waals surface area contributed by atoms with Crippen LogP contribution in [-0.2, 0) is 33.8 Å². The Labute approximate surface area is 205 Å². The van der Waals surface area contributed by atoms with Crippen molar-refractivity contribution in [3.63, 3.8) is 0 Å². The molecule has 3 aromatic carbocycles. The van der Waals surface area contributed by atoms with Crippen LogP contribution in [0.3, 0.4) is 0 Å². The Hall–Kier alpha value is -4.02. The second-order valence-corrected chi connectivity index (χ2v) is 8.81. The molecule has 1 atom stereocenters. The largest absolute Gasteiger partial charge is 0.456 e. The third-order valence-corrected chi connectivity index (χ3v) is 6.16. The maximum absolute atomic E-state index is 12.1. The number of ether oxygens (including phenoxy) is 1. The molecule has 0 aliphatic carbocycles. The van der Waals surface area contributed by atoms with E-state index in [0.29, 0.717) is 44.0 Å². The lowest BCUT2D eigenvalue weighted by atomic mass is 10.0. The van der Waals surface area contributed by atoms with Crippen molar-refractivity contribution in [2.75, 3.05) is 18.0 Å². The highest BCUT2D eigenvalue weighted by atomic mass is 16.5. The van der Waals surface area contributed by atoms with E-state index in [-0.39, 0.29) is 11.9 Å². The molecule has 0 saturated carbocycles. The highest BCUT2D eigenvalue weighted by Crippen LogP contribution is 2.40. The molecule has 35 heavy (non-hydrogen) atoms. The van der Waals surface area contributed by atoms with Crippen LogP contribution in [0.25, 0.3) is 4.98 Å². The number of anilines is 1. The lowest BCUT2D eigenvalue weighted by molar-refractivity contribution is -0.147. The van der Waals surface area contributed by atoms with Gasteiger partial charge in [0.1, 0.15) is 11.8 Å². The quantitative estimate of drug-likeness (QED) is 0.327. The Kier molecular flexibility index (Phi) is 7.54. The number of esters is 1. The van der Waals surface area contributed by atoms with E-state index in [1.54, 1.807) is 11.0 Å². The van der Waals surface area contributed by atoms with Crippen LogP contribution < -0.4 is 4.90 Å². The Morgan fingerprint density at radius 2 is 1.60 bits per heavy atom. The summed E-state index contributed by atoms with van der Waals surface area (Å²) >= 11 is 0. The number of benzene rings is 3. The number of rotatable bonds is 8. The fourth-order valence-electron chi connectivity index (χ4n) is 4.64. The number of carbonyl (C=O) groups excluding carboxylic acids is 2. The highest BCUT2D eigenvalue weighted by molar-refractivity contribution is 5.98. The maximum Gasteiger partial charge on any atom is 0.409 e. The Balaban J connectivity index is 1.67. The number of carbonyl (C=O) groups is 2. The number of amides is 1. The number of hydrogen-bond donors (Lipinski definition) is 0. The minimum absolute atomic E-state index is 0.102. The first-order chi connectivity index (χ1) is 16.9. The van der Waals surface area contributed by atoms with Gasteiger partial charge in [-0.2, -0.15) is 0 Å². The Morgan fingerprint density at radius 3 is 2.11 bits per heavy atom. The summed E-state index contributed by atoms with van der Waals surface area (Å²) in [7, 11) is 0. The number of hydrogen-bond acceptors (Lipinski definition) is 5. The average Bonchev–Trinajstić information content (AvgIpc) is 3.28. The van der Waals surface area contributed by atoms with Crippen molar-refractivity contribution in [3.8, 4) is 0 Å². The molecule has 3 aromatic rings. The predicted molar refractivity (Wildman–Crippen MR) is 134 cm³/mol. The molecular weight excluding hydrogens is 440 g/mol. The van der Waals surface area contributed by atoms with Crippen LogP contribution in [0.1, 0.15) is 42.2 Å². The molecule has 0 bridgehead atoms. The molecule has 0 aromatic heterocycles. The van der Waals surface area contributed by atoms with E-state index in [0.717, 1.165) is 22.3 Å². The molecule has 0 N–H and O–H groups in total. The fraction of sp³-hybridized carbons (Fsp3) is 0.286. The van der Waals surface area contributed by atoms with E-state index in [4.69, 9.17) is 4.74 Å². The van der Waals surface area contributed by atoms with Gasteiger partial charge in [0.2, 0.25) is 11.3 Å². The lowest BCUT2D eigenvalue weighted by Crippen LogP contribution is -2.30. The van der Waals surface area contributed by atoms with E-state index >= 15 is 0 Å². The average molecular weight is 470 g/mol. The molecule has 7 heteroatoms. The molecule has 1 unspecified atom stereocenters. The van der Waals surface area contributed by atoms with Crippen molar-refractivity contribution in [3.05, 3.63) is 100 Å². The molecular formula is C28H29N4O3+. The van der Waals surface area contributed by atoms with Gasteiger partial charge in [-0.15, -0.1) is 0 Å². The third kappa shape index (κ3) is 5.92. The summed E-state index contributed by atoms with van der Waals surface area (Å²) in [5.41, 5.74) is 4.88. The molecule has 1 amide bonds. The third-order valence-electron chi connectivity index (χ3n) is 6.16. The topological polar surface area (TPSA) is 78.0 Å². The van der Waals surface area contributed by atoms with E-state index in [2.05, 4.69) is 34.1 Å². The molecule has 178 valence electrons. The van der Waals surface area contributed by atoms with Crippen molar-refractivity contribution in [1.29, 1.82) is 5.39 Å². The second-order valence-electron chi connectivity index (χ2n) is 8.81. The van der Waals surface area contributed by atoms with Crippen molar-refractivity contribution in [2.45, 2.75) is 39.5 Å². The molecule has 4 rings (SSSR count). The zero-order valence-corrected chi connectivity index (χ0v) is 20.1. The first-order valence-electron chi connectivity index (χ1n) is 11.7. The fourth-order valence-corrected chi connectivity index (χ4v) is 4.64. The van der Waals surface area contributed by atoms with Crippen LogP contribution in [0.2, 0.25) is 0 Å². The summed E-state index contributed by atoms with van der Waals surface area (Å²) in [6, 6.07) is 24.0. The highest BCUT2D eigenvalue weighted by Gasteiger charge is 2.34. The van der Waals surface area contributed by atoms with Gasteiger partial charge in [-0.25, -0.2) is 0 Å². The first kappa shape index (κ1) is 24.1. The number of fused-ring (bicyclic) bond motifs is 1. The zero-order chi connectivity index (χ0) is 24.8. The van der Waals surface area contributed by atoms with Crippen molar-refractivity contribution < 1.29 is 14.3 Å². The van der Waals surface area contributed by atoms with Crippen LogP contribution in [0, 0.1) is 5.39 Å².